The van der Waals surface area contributed by atoms with Gasteiger partial charge in [-0.2, -0.15) is 4.31 Å². The minimum atomic E-state index is -3.57. The molecule has 0 saturated carbocycles. The highest BCUT2D eigenvalue weighted by Crippen LogP contribution is 2.18. The first-order valence-corrected chi connectivity index (χ1v) is 12.6. The molecule has 9 heteroatoms. The molecule has 1 aliphatic rings. The molecule has 0 bridgehead atoms. The highest BCUT2D eigenvalue weighted by atomic mass is 32.2. The Hall–Kier alpha value is -3.17. The van der Waals surface area contributed by atoms with Crippen molar-refractivity contribution in [1.82, 2.24) is 14.1 Å². The molecule has 0 aromatic heterocycles. The van der Waals surface area contributed by atoms with Gasteiger partial charge < -0.3 is 14.5 Å². The van der Waals surface area contributed by atoms with Crippen molar-refractivity contribution in [3.8, 4) is 5.75 Å². The molecular weight excluding hydrogens is 454 g/mol. The zero-order valence-electron chi connectivity index (χ0n) is 19.4. The molecule has 0 radical (unpaired) electrons. The van der Waals surface area contributed by atoms with Gasteiger partial charge in [0.05, 0.1) is 12.0 Å². The Morgan fingerprint density at radius 1 is 1.00 bits per heavy atom. The van der Waals surface area contributed by atoms with Gasteiger partial charge in [0.2, 0.25) is 21.8 Å². The maximum atomic E-state index is 12.8. The summed E-state index contributed by atoms with van der Waals surface area (Å²) in [5.74, 6) is 0.468. The van der Waals surface area contributed by atoms with Crippen LogP contribution in [-0.4, -0.2) is 74.2 Å². The maximum absolute atomic E-state index is 12.8. The van der Waals surface area contributed by atoms with E-state index in [4.69, 9.17) is 4.74 Å². The molecule has 2 aromatic rings. The number of ether oxygens (including phenoxy) is 1. The van der Waals surface area contributed by atoms with Crippen LogP contribution in [0, 0.1) is 0 Å². The lowest BCUT2D eigenvalue weighted by molar-refractivity contribution is -0.137. The summed E-state index contributed by atoms with van der Waals surface area (Å²) in [5.41, 5.74) is 0.957. The number of carbonyl (C=O) groups excluding carboxylic acids is 2. The Balaban J connectivity index is 1.50. The number of carbonyl (C=O) groups is 2. The van der Waals surface area contributed by atoms with E-state index in [1.54, 1.807) is 53.3 Å². The van der Waals surface area contributed by atoms with E-state index in [0.717, 1.165) is 11.3 Å². The quantitative estimate of drug-likeness (QED) is 0.483. The lowest BCUT2D eigenvalue weighted by atomic mass is 10.1. The molecule has 34 heavy (non-hydrogen) atoms. The summed E-state index contributed by atoms with van der Waals surface area (Å²) < 4.78 is 32.1. The topological polar surface area (TPSA) is 87.2 Å². The molecule has 0 spiro atoms. The highest BCUT2D eigenvalue weighted by Gasteiger charge is 2.30. The molecule has 3 rings (SSSR count). The van der Waals surface area contributed by atoms with Crippen LogP contribution in [0.5, 0.6) is 5.75 Å². The Bertz CT molecular complexity index is 1080. The number of amides is 2. The van der Waals surface area contributed by atoms with E-state index in [0.29, 0.717) is 26.2 Å². The fourth-order valence-electron chi connectivity index (χ4n) is 3.81. The van der Waals surface area contributed by atoms with Gasteiger partial charge in [0.1, 0.15) is 5.75 Å². The van der Waals surface area contributed by atoms with Crippen molar-refractivity contribution in [2.45, 2.75) is 24.3 Å². The second-order valence-corrected chi connectivity index (χ2v) is 9.95. The first kappa shape index (κ1) is 25.5. The van der Waals surface area contributed by atoms with E-state index in [1.807, 2.05) is 24.3 Å². The van der Waals surface area contributed by atoms with E-state index >= 15 is 0 Å². The molecule has 1 fully saturated rings. The van der Waals surface area contributed by atoms with Gasteiger partial charge in [-0.1, -0.05) is 36.4 Å². The van der Waals surface area contributed by atoms with Crippen LogP contribution in [0.1, 0.15) is 18.4 Å². The van der Waals surface area contributed by atoms with Gasteiger partial charge in [0.15, 0.2) is 0 Å². The Kier molecular flexibility index (Phi) is 8.84. The highest BCUT2D eigenvalue weighted by molar-refractivity contribution is 7.89. The average molecular weight is 486 g/mol. The van der Waals surface area contributed by atoms with E-state index in [1.165, 1.54) is 4.31 Å². The normalized spacial score (nSPS) is 14.4. The molecule has 0 N–H and O–H groups in total. The van der Waals surface area contributed by atoms with Gasteiger partial charge in [-0.05, 0) is 29.8 Å². The van der Waals surface area contributed by atoms with Crippen molar-refractivity contribution in [1.29, 1.82) is 0 Å². The van der Waals surface area contributed by atoms with Crippen molar-refractivity contribution in [3.63, 3.8) is 0 Å². The fraction of sp³-hybridized carbons (Fsp3) is 0.360. The summed E-state index contributed by atoms with van der Waals surface area (Å²) >= 11 is 0. The molecule has 0 unspecified atom stereocenters. The third-order valence-electron chi connectivity index (χ3n) is 5.76. The number of rotatable bonds is 10. The van der Waals surface area contributed by atoms with Crippen LogP contribution in [0.2, 0.25) is 0 Å². The Morgan fingerprint density at radius 2 is 1.65 bits per heavy atom. The molecule has 0 atom stereocenters. The second kappa shape index (κ2) is 11.8. The molecular formula is C25H31N3O5S. The summed E-state index contributed by atoms with van der Waals surface area (Å²) in [6.45, 7) is 5.61. The second-order valence-electron chi connectivity index (χ2n) is 8.01. The molecule has 2 aromatic carbocycles. The van der Waals surface area contributed by atoms with Crippen LogP contribution in [0.4, 0.5) is 0 Å². The largest absolute Gasteiger partial charge is 0.497 e. The van der Waals surface area contributed by atoms with Gasteiger partial charge >= 0.3 is 0 Å². The minimum absolute atomic E-state index is 0.0839. The zero-order chi connectivity index (χ0) is 24.6. The predicted molar refractivity (Wildman–Crippen MR) is 130 cm³/mol. The number of piperazine rings is 1. The van der Waals surface area contributed by atoms with Crippen molar-refractivity contribution < 1.29 is 22.7 Å². The fourth-order valence-corrected chi connectivity index (χ4v) is 5.25. The number of methoxy groups -OCH3 is 1. The van der Waals surface area contributed by atoms with Crippen LogP contribution >= 0.6 is 0 Å². The van der Waals surface area contributed by atoms with Crippen molar-refractivity contribution in [3.05, 3.63) is 72.8 Å². The lowest BCUT2D eigenvalue weighted by Gasteiger charge is -2.34. The van der Waals surface area contributed by atoms with E-state index < -0.39 is 10.0 Å². The summed E-state index contributed by atoms with van der Waals surface area (Å²) in [5, 5.41) is 0. The summed E-state index contributed by atoms with van der Waals surface area (Å²) in [6, 6.07) is 15.8. The number of benzene rings is 2. The van der Waals surface area contributed by atoms with Crippen molar-refractivity contribution >= 4 is 21.8 Å². The van der Waals surface area contributed by atoms with Gasteiger partial charge in [0, 0.05) is 52.1 Å². The average Bonchev–Trinajstić information content (AvgIpc) is 2.87. The molecule has 182 valence electrons. The monoisotopic (exact) mass is 485 g/mol. The van der Waals surface area contributed by atoms with Crippen LogP contribution in [0.3, 0.4) is 0 Å². The molecule has 1 heterocycles. The summed E-state index contributed by atoms with van der Waals surface area (Å²) in [7, 11) is -1.97. The standard InChI is InChI=1S/C25H31N3O5S/c1-3-15-27(20-21-9-11-22(33-2)12-10-21)25(30)14-13-24(29)26-16-18-28(19-17-26)34(31,32)23-7-5-4-6-8-23/h3-12H,1,13-20H2,2H3. The molecule has 1 aliphatic heterocycles. The van der Waals surface area contributed by atoms with Crippen LogP contribution in [0.25, 0.3) is 0 Å². The SMILES string of the molecule is C=CCN(Cc1ccc(OC)cc1)C(=O)CCC(=O)N1CCN(S(=O)(=O)c2ccccc2)CC1. The van der Waals surface area contributed by atoms with Crippen LogP contribution in [-0.2, 0) is 26.2 Å². The number of hydrogen-bond acceptors (Lipinski definition) is 5. The zero-order valence-corrected chi connectivity index (χ0v) is 20.2. The molecule has 0 aliphatic carbocycles. The van der Waals surface area contributed by atoms with E-state index in [-0.39, 0.29) is 42.6 Å². The van der Waals surface area contributed by atoms with Crippen molar-refractivity contribution in [2.75, 3.05) is 39.8 Å². The maximum Gasteiger partial charge on any atom is 0.243 e. The van der Waals surface area contributed by atoms with E-state index in [9.17, 15) is 18.0 Å². The van der Waals surface area contributed by atoms with Crippen molar-refractivity contribution in [2.24, 2.45) is 0 Å². The smallest absolute Gasteiger partial charge is 0.243 e. The van der Waals surface area contributed by atoms with Gasteiger partial charge in [-0.3, -0.25) is 9.59 Å². The van der Waals surface area contributed by atoms with Gasteiger partial charge in [-0.15, -0.1) is 6.58 Å². The van der Waals surface area contributed by atoms with Gasteiger partial charge in [0.25, 0.3) is 0 Å². The molecule has 8 nitrogen and oxygen atoms in total. The van der Waals surface area contributed by atoms with Gasteiger partial charge in [-0.25, -0.2) is 8.42 Å². The first-order chi connectivity index (χ1) is 16.3. The number of hydrogen-bond donors (Lipinski definition) is 0. The number of sulfonamides is 1. The summed E-state index contributed by atoms with van der Waals surface area (Å²) in [4.78, 5) is 29.0. The third-order valence-corrected chi connectivity index (χ3v) is 7.67. The first-order valence-electron chi connectivity index (χ1n) is 11.2. The third kappa shape index (κ3) is 6.45. The minimum Gasteiger partial charge on any atom is -0.497 e. The Labute approximate surface area is 201 Å². The lowest BCUT2D eigenvalue weighted by Crippen LogP contribution is -2.50. The van der Waals surface area contributed by atoms with Crippen LogP contribution in [0.15, 0.2) is 72.1 Å². The number of nitrogens with zero attached hydrogens (tertiary/aromatic N) is 3. The predicted octanol–water partition coefficient (Wildman–Crippen LogP) is 2.52. The van der Waals surface area contributed by atoms with Crippen LogP contribution < -0.4 is 4.74 Å². The van der Waals surface area contributed by atoms with E-state index in [2.05, 4.69) is 6.58 Å². The molecule has 2 amide bonds. The Morgan fingerprint density at radius 3 is 2.24 bits per heavy atom. The summed E-state index contributed by atoms with van der Waals surface area (Å²) in [6.07, 6.45) is 1.83. The molecule has 1 saturated heterocycles.